The summed E-state index contributed by atoms with van der Waals surface area (Å²) in [5.41, 5.74) is 8.00. The Morgan fingerprint density at radius 3 is 2.45 bits per heavy atom. The van der Waals surface area contributed by atoms with E-state index in [0.717, 1.165) is 45.9 Å². The number of phenols is 1. The maximum atomic E-state index is 13.6. The first-order valence-electron chi connectivity index (χ1n) is 13.3. The van der Waals surface area contributed by atoms with Gasteiger partial charge >= 0.3 is 5.97 Å². The second kappa shape index (κ2) is 10.3. The molecule has 0 bridgehead atoms. The molecule has 1 aliphatic rings. The van der Waals surface area contributed by atoms with E-state index >= 15 is 0 Å². The van der Waals surface area contributed by atoms with Gasteiger partial charge < -0.3 is 14.4 Å². The van der Waals surface area contributed by atoms with Crippen LogP contribution in [0, 0.1) is 13.8 Å². The molecule has 0 fully saturated rings. The Bertz CT molecular complexity index is 1800. The highest BCUT2D eigenvalue weighted by Crippen LogP contribution is 2.38. The molecule has 6 rings (SSSR count). The number of benzene rings is 3. The van der Waals surface area contributed by atoms with E-state index in [1.165, 1.54) is 0 Å². The number of aryl methyl sites for hydroxylation is 1. The van der Waals surface area contributed by atoms with Gasteiger partial charge in [-0.05, 0) is 85.9 Å². The number of hydrogen-bond acceptors (Lipinski definition) is 5. The van der Waals surface area contributed by atoms with Crippen molar-refractivity contribution in [3.05, 3.63) is 124 Å². The Morgan fingerprint density at radius 2 is 1.68 bits per heavy atom. The maximum absolute atomic E-state index is 13.6. The van der Waals surface area contributed by atoms with Gasteiger partial charge in [0.2, 0.25) is 5.78 Å². The summed E-state index contributed by atoms with van der Waals surface area (Å²) in [5, 5.41) is 10.3. The Hall–Kier alpha value is -4.97. The molecule has 0 unspecified atom stereocenters. The number of aromatic nitrogens is 2. The summed E-state index contributed by atoms with van der Waals surface area (Å²) in [5.74, 6) is -0.558. The molecular weight excluding hydrogens is 500 g/mol. The second-order valence-electron chi connectivity index (χ2n) is 10.0. The van der Waals surface area contributed by atoms with E-state index in [9.17, 15) is 14.7 Å². The molecule has 0 radical (unpaired) electrons. The van der Waals surface area contributed by atoms with E-state index in [2.05, 4.69) is 0 Å². The van der Waals surface area contributed by atoms with Crippen LogP contribution < -0.4 is 0 Å². The standard InChI is InChI=1S/C34H28N2O4/c1-21-18-29(22(2)36(21)25-8-4-3-5-9-25)31(38)20-40-34(39)32-27-10-6-7-11-30(27)35-33-24(14-17-28(32)33)19-23-12-15-26(37)16-13-23/h3-13,15-16,18-19,37H,14,17,20H2,1-2H3/b24-19-. The number of allylic oxidation sites excluding steroid dienone is 1. The minimum Gasteiger partial charge on any atom is -0.508 e. The maximum Gasteiger partial charge on any atom is 0.339 e. The molecule has 1 aliphatic carbocycles. The number of para-hydroxylation sites is 2. The monoisotopic (exact) mass is 528 g/mol. The van der Waals surface area contributed by atoms with Gasteiger partial charge in [0.25, 0.3) is 0 Å². The Labute approximate surface area is 232 Å². The molecule has 0 amide bonds. The summed E-state index contributed by atoms with van der Waals surface area (Å²) in [6.07, 6.45) is 3.41. The van der Waals surface area contributed by atoms with Gasteiger partial charge in [0.05, 0.1) is 16.8 Å². The third kappa shape index (κ3) is 4.58. The predicted octanol–water partition coefficient (Wildman–Crippen LogP) is 6.87. The molecule has 40 heavy (non-hydrogen) atoms. The molecule has 3 aromatic carbocycles. The molecule has 0 saturated carbocycles. The first kappa shape index (κ1) is 25.3. The van der Waals surface area contributed by atoms with Crippen molar-refractivity contribution in [1.29, 1.82) is 0 Å². The van der Waals surface area contributed by atoms with Gasteiger partial charge in [-0.15, -0.1) is 0 Å². The predicted molar refractivity (Wildman–Crippen MR) is 156 cm³/mol. The number of rotatable bonds is 6. The van der Waals surface area contributed by atoms with Crippen molar-refractivity contribution in [2.45, 2.75) is 26.7 Å². The van der Waals surface area contributed by atoms with Crippen LogP contribution in [0.2, 0.25) is 0 Å². The smallest absolute Gasteiger partial charge is 0.339 e. The topological polar surface area (TPSA) is 81.4 Å². The van der Waals surface area contributed by atoms with E-state index in [-0.39, 0.29) is 18.1 Å². The second-order valence-corrected chi connectivity index (χ2v) is 10.0. The van der Waals surface area contributed by atoms with E-state index in [0.29, 0.717) is 28.5 Å². The SMILES string of the molecule is Cc1cc(C(=O)COC(=O)c2c3c(nc4ccccc24)/C(=C\c2ccc(O)cc2)CC3)c(C)n1-c1ccccc1. The number of aromatic hydroxyl groups is 1. The number of esters is 1. The van der Waals surface area contributed by atoms with Gasteiger partial charge in [0.1, 0.15) is 5.75 Å². The fourth-order valence-corrected chi connectivity index (χ4v) is 5.58. The molecular formula is C34H28N2O4. The fourth-order valence-electron chi connectivity index (χ4n) is 5.58. The minimum atomic E-state index is -0.522. The van der Waals surface area contributed by atoms with Gasteiger partial charge in [-0.25, -0.2) is 9.78 Å². The zero-order valence-electron chi connectivity index (χ0n) is 22.3. The molecule has 198 valence electrons. The Morgan fingerprint density at radius 1 is 0.950 bits per heavy atom. The fraction of sp³-hybridized carbons (Fsp3) is 0.147. The van der Waals surface area contributed by atoms with Crippen LogP contribution in [0.1, 0.15) is 55.3 Å². The quantitative estimate of drug-likeness (QED) is 0.192. The number of ether oxygens (including phenoxy) is 1. The summed E-state index contributed by atoms with van der Waals surface area (Å²) in [6.45, 7) is 3.51. The van der Waals surface area contributed by atoms with Crippen LogP contribution in [0.15, 0.2) is 84.9 Å². The molecule has 2 heterocycles. The number of fused-ring (bicyclic) bond motifs is 2. The van der Waals surface area contributed by atoms with Gasteiger partial charge in [0, 0.05) is 28.0 Å². The van der Waals surface area contributed by atoms with Gasteiger partial charge in [-0.1, -0.05) is 48.5 Å². The molecule has 6 heteroatoms. The molecule has 5 aromatic rings. The third-order valence-corrected chi connectivity index (χ3v) is 7.46. The average molecular weight is 529 g/mol. The molecule has 6 nitrogen and oxygen atoms in total. The van der Waals surface area contributed by atoms with Crippen LogP contribution in [-0.2, 0) is 11.2 Å². The van der Waals surface area contributed by atoms with Crippen molar-refractivity contribution in [1.82, 2.24) is 9.55 Å². The van der Waals surface area contributed by atoms with Crippen LogP contribution in [-0.4, -0.2) is 33.0 Å². The highest BCUT2D eigenvalue weighted by Gasteiger charge is 2.28. The number of carbonyl (C=O) groups is 2. The molecule has 0 saturated heterocycles. The van der Waals surface area contributed by atoms with Crippen molar-refractivity contribution in [3.8, 4) is 11.4 Å². The lowest BCUT2D eigenvalue weighted by molar-refractivity contribution is 0.0475. The number of phenolic OH excluding ortho intramolecular Hbond substituents is 1. The summed E-state index contributed by atoms with van der Waals surface area (Å²) in [4.78, 5) is 31.7. The number of Topliss-reactive ketones (excluding diaryl/α,β-unsaturated/α-hetero) is 1. The molecule has 1 N–H and O–H groups in total. The highest BCUT2D eigenvalue weighted by atomic mass is 16.5. The largest absolute Gasteiger partial charge is 0.508 e. The van der Waals surface area contributed by atoms with Crippen molar-refractivity contribution in [2.75, 3.05) is 6.61 Å². The van der Waals surface area contributed by atoms with Gasteiger partial charge in [-0.2, -0.15) is 0 Å². The first-order valence-corrected chi connectivity index (χ1v) is 13.3. The highest BCUT2D eigenvalue weighted by molar-refractivity contribution is 6.08. The van der Waals surface area contributed by atoms with E-state index in [1.807, 2.05) is 97.3 Å². The van der Waals surface area contributed by atoms with E-state index in [4.69, 9.17) is 9.72 Å². The number of pyridine rings is 1. The van der Waals surface area contributed by atoms with Gasteiger partial charge in [0.15, 0.2) is 6.61 Å². The van der Waals surface area contributed by atoms with Crippen LogP contribution in [0.25, 0.3) is 28.2 Å². The number of hydrogen-bond donors (Lipinski definition) is 1. The number of carbonyl (C=O) groups excluding carboxylic acids is 2. The van der Waals surface area contributed by atoms with Crippen LogP contribution in [0.3, 0.4) is 0 Å². The zero-order chi connectivity index (χ0) is 27.8. The lowest BCUT2D eigenvalue weighted by Crippen LogP contribution is -2.17. The minimum absolute atomic E-state index is 0.208. The third-order valence-electron chi connectivity index (χ3n) is 7.46. The number of ketones is 1. The zero-order valence-corrected chi connectivity index (χ0v) is 22.3. The van der Waals surface area contributed by atoms with Crippen molar-refractivity contribution in [3.63, 3.8) is 0 Å². The van der Waals surface area contributed by atoms with Crippen LogP contribution >= 0.6 is 0 Å². The lowest BCUT2D eigenvalue weighted by Gasteiger charge is -2.12. The van der Waals surface area contributed by atoms with Crippen molar-refractivity contribution in [2.24, 2.45) is 0 Å². The normalized spacial score (nSPS) is 13.5. The molecule has 2 aromatic heterocycles. The van der Waals surface area contributed by atoms with Crippen molar-refractivity contribution >= 4 is 34.3 Å². The first-order chi connectivity index (χ1) is 19.4. The summed E-state index contributed by atoms with van der Waals surface area (Å²) < 4.78 is 7.71. The number of nitrogens with zero attached hydrogens (tertiary/aromatic N) is 2. The summed E-state index contributed by atoms with van der Waals surface area (Å²) in [7, 11) is 0. The van der Waals surface area contributed by atoms with Crippen LogP contribution in [0.5, 0.6) is 5.75 Å². The Balaban J connectivity index is 1.30. The summed E-state index contributed by atoms with van der Waals surface area (Å²) >= 11 is 0. The van der Waals surface area contributed by atoms with Gasteiger partial charge in [-0.3, -0.25) is 4.79 Å². The van der Waals surface area contributed by atoms with Crippen LogP contribution in [0.4, 0.5) is 0 Å². The molecule has 0 atom stereocenters. The van der Waals surface area contributed by atoms with E-state index < -0.39 is 5.97 Å². The molecule has 0 aliphatic heterocycles. The average Bonchev–Trinajstić information content (AvgIpc) is 3.50. The molecule has 0 spiro atoms. The summed E-state index contributed by atoms with van der Waals surface area (Å²) in [6, 6.07) is 26.2. The Kier molecular flexibility index (Phi) is 6.52. The van der Waals surface area contributed by atoms with E-state index in [1.54, 1.807) is 12.1 Å². The lowest BCUT2D eigenvalue weighted by atomic mass is 10.0. The van der Waals surface area contributed by atoms with Crippen molar-refractivity contribution < 1.29 is 19.4 Å².